The van der Waals surface area contributed by atoms with Crippen molar-refractivity contribution in [1.29, 1.82) is 0 Å². The summed E-state index contributed by atoms with van der Waals surface area (Å²) in [5, 5.41) is 10.7. The van der Waals surface area contributed by atoms with Crippen LogP contribution >= 0.6 is 11.6 Å². The number of rotatable bonds is 2. The molecular formula is C8H7ClFNO2. The Hall–Kier alpha value is -1.29. The van der Waals surface area contributed by atoms with Gasteiger partial charge in [0.2, 0.25) is 0 Å². The largest absolute Gasteiger partial charge is 0.496 e. The average Bonchev–Trinajstić information content (AvgIpc) is 2.16. The lowest BCUT2D eigenvalue weighted by Crippen LogP contribution is -2.00. The number of hydrogen-bond acceptors (Lipinski definition) is 3. The lowest BCUT2D eigenvalue weighted by Gasteiger charge is -2.05. The van der Waals surface area contributed by atoms with Gasteiger partial charge >= 0.3 is 0 Å². The summed E-state index contributed by atoms with van der Waals surface area (Å²) >= 11 is 5.46. The predicted molar refractivity (Wildman–Crippen MR) is 47.1 cm³/mol. The molecule has 0 saturated heterocycles. The predicted octanol–water partition coefficient (Wildman–Crippen LogP) is 2.21. The zero-order valence-corrected chi connectivity index (χ0v) is 7.55. The number of ether oxygens (including phenoxy) is 1. The minimum Gasteiger partial charge on any atom is -0.496 e. The first-order chi connectivity index (χ1) is 6.20. The normalized spacial score (nSPS) is 11.5. The summed E-state index contributed by atoms with van der Waals surface area (Å²) in [6.07, 6.45) is 0. The molecule has 13 heavy (non-hydrogen) atoms. The van der Waals surface area contributed by atoms with Crippen molar-refractivity contribution >= 4 is 16.8 Å². The molecule has 0 spiro atoms. The van der Waals surface area contributed by atoms with Gasteiger partial charge in [-0.1, -0.05) is 22.8 Å². The third-order valence-electron chi connectivity index (χ3n) is 1.49. The molecule has 1 rings (SSSR count). The first kappa shape index (κ1) is 9.80. The second kappa shape index (κ2) is 4.09. The molecule has 0 aromatic heterocycles. The fourth-order valence-corrected chi connectivity index (χ4v) is 1.11. The Bertz CT molecular complexity index is 341. The molecule has 1 N–H and O–H groups in total. The van der Waals surface area contributed by atoms with Crippen molar-refractivity contribution in [3.8, 4) is 5.75 Å². The molecule has 0 unspecified atom stereocenters. The van der Waals surface area contributed by atoms with Gasteiger partial charge in [0.05, 0.1) is 12.7 Å². The highest BCUT2D eigenvalue weighted by Crippen LogP contribution is 2.23. The number of oxime groups is 1. The maximum atomic E-state index is 13.1. The van der Waals surface area contributed by atoms with Gasteiger partial charge in [0.15, 0.2) is 5.17 Å². The molecule has 0 aliphatic rings. The van der Waals surface area contributed by atoms with E-state index in [0.717, 1.165) is 0 Å². The van der Waals surface area contributed by atoms with Crippen molar-refractivity contribution < 1.29 is 14.3 Å². The van der Waals surface area contributed by atoms with Crippen LogP contribution in [0.3, 0.4) is 0 Å². The molecule has 0 amide bonds. The van der Waals surface area contributed by atoms with Gasteiger partial charge in [-0.3, -0.25) is 0 Å². The number of hydrogen-bond donors (Lipinski definition) is 1. The van der Waals surface area contributed by atoms with Gasteiger partial charge in [-0.2, -0.15) is 0 Å². The van der Waals surface area contributed by atoms with E-state index in [1.807, 2.05) is 0 Å². The molecular weight excluding hydrogens is 197 g/mol. The smallest absolute Gasteiger partial charge is 0.182 e. The minimum absolute atomic E-state index is 0.0471. The van der Waals surface area contributed by atoms with Crippen molar-refractivity contribution in [1.82, 2.24) is 0 Å². The highest BCUT2D eigenvalue weighted by molar-refractivity contribution is 6.69. The number of methoxy groups -OCH3 is 1. The standard InChI is InChI=1S/C8H7ClFNO2/c1-13-6-4-2-3-5(10)7(6)8(9)11-12/h2-4,12H,1H3/b11-8+. The molecule has 1 aromatic carbocycles. The van der Waals surface area contributed by atoms with Gasteiger partial charge in [0.1, 0.15) is 11.6 Å². The van der Waals surface area contributed by atoms with E-state index in [1.54, 1.807) is 0 Å². The summed E-state index contributed by atoms with van der Waals surface area (Å²) in [4.78, 5) is 0. The quantitative estimate of drug-likeness (QED) is 0.455. The van der Waals surface area contributed by atoms with Gasteiger partial charge in [-0.05, 0) is 12.1 Å². The third kappa shape index (κ3) is 1.89. The summed E-state index contributed by atoms with van der Waals surface area (Å²) in [6, 6.07) is 4.19. The number of halogens is 2. The second-order valence-electron chi connectivity index (χ2n) is 2.21. The van der Waals surface area contributed by atoms with Crippen molar-refractivity contribution in [2.75, 3.05) is 7.11 Å². The Kier molecular flexibility index (Phi) is 3.08. The molecule has 0 heterocycles. The van der Waals surface area contributed by atoms with Crippen LogP contribution in [-0.4, -0.2) is 17.5 Å². The van der Waals surface area contributed by atoms with E-state index in [-0.39, 0.29) is 16.5 Å². The third-order valence-corrected chi connectivity index (χ3v) is 1.75. The first-order valence-corrected chi connectivity index (χ1v) is 3.79. The molecule has 70 valence electrons. The molecule has 0 fully saturated rings. The van der Waals surface area contributed by atoms with E-state index in [0.29, 0.717) is 0 Å². The molecule has 5 heteroatoms. The average molecular weight is 204 g/mol. The lowest BCUT2D eigenvalue weighted by molar-refractivity contribution is 0.320. The van der Waals surface area contributed by atoms with Crippen molar-refractivity contribution in [2.45, 2.75) is 0 Å². The fraction of sp³-hybridized carbons (Fsp3) is 0.125. The summed E-state index contributed by atoms with van der Waals surface area (Å²) < 4.78 is 18.0. The Labute approximate surface area is 79.4 Å². The maximum Gasteiger partial charge on any atom is 0.182 e. The van der Waals surface area contributed by atoms with Gasteiger partial charge in [-0.25, -0.2) is 4.39 Å². The van der Waals surface area contributed by atoms with Crippen LogP contribution in [0.4, 0.5) is 4.39 Å². The monoisotopic (exact) mass is 203 g/mol. The molecule has 0 radical (unpaired) electrons. The zero-order chi connectivity index (χ0) is 9.84. The van der Waals surface area contributed by atoms with Gasteiger partial charge in [0.25, 0.3) is 0 Å². The van der Waals surface area contributed by atoms with Crippen LogP contribution in [0.25, 0.3) is 0 Å². The van der Waals surface area contributed by atoms with Crippen molar-refractivity contribution in [3.63, 3.8) is 0 Å². The van der Waals surface area contributed by atoms with Crippen LogP contribution in [0.2, 0.25) is 0 Å². The van der Waals surface area contributed by atoms with Crippen molar-refractivity contribution in [3.05, 3.63) is 29.6 Å². The molecule has 0 saturated carbocycles. The van der Waals surface area contributed by atoms with Crippen LogP contribution in [0.5, 0.6) is 5.75 Å². The summed E-state index contributed by atoms with van der Waals surface area (Å²) in [5.41, 5.74) is -0.0471. The van der Waals surface area contributed by atoms with Crippen molar-refractivity contribution in [2.24, 2.45) is 5.16 Å². The molecule has 3 nitrogen and oxygen atoms in total. The first-order valence-electron chi connectivity index (χ1n) is 3.41. The molecule has 0 aliphatic heterocycles. The lowest BCUT2D eigenvalue weighted by atomic mass is 10.2. The summed E-state index contributed by atoms with van der Waals surface area (Å²) in [7, 11) is 1.37. The van der Waals surface area contributed by atoms with E-state index in [4.69, 9.17) is 21.5 Å². The molecule has 0 atom stereocenters. The van der Waals surface area contributed by atoms with Crippen LogP contribution in [0, 0.1) is 5.82 Å². The van der Waals surface area contributed by atoms with Crippen LogP contribution in [0.15, 0.2) is 23.4 Å². The van der Waals surface area contributed by atoms with E-state index >= 15 is 0 Å². The Morgan fingerprint density at radius 1 is 1.62 bits per heavy atom. The minimum atomic E-state index is -0.595. The molecule has 0 bridgehead atoms. The fourth-order valence-electron chi connectivity index (χ4n) is 0.925. The zero-order valence-electron chi connectivity index (χ0n) is 6.79. The van der Waals surface area contributed by atoms with Crippen LogP contribution < -0.4 is 4.74 Å². The van der Waals surface area contributed by atoms with E-state index in [9.17, 15) is 4.39 Å². The maximum absolute atomic E-state index is 13.1. The Morgan fingerprint density at radius 2 is 2.31 bits per heavy atom. The Morgan fingerprint density at radius 3 is 2.85 bits per heavy atom. The van der Waals surface area contributed by atoms with E-state index < -0.39 is 5.82 Å². The van der Waals surface area contributed by atoms with Crippen LogP contribution in [-0.2, 0) is 0 Å². The van der Waals surface area contributed by atoms with E-state index in [1.165, 1.54) is 25.3 Å². The van der Waals surface area contributed by atoms with Gasteiger partial charge in [-0.15, -0.1) is 0 Å². The van der Waals surface area contributed by atoms with E-state index in [2.05, 4.69) is 5.16 Å². The topological polar surface area (TPSA) is 41.8 Å². The number of nitrogens with zero attached hydrogens (tertiary/aromatic N) is 1. The summed E-state index contributed by atoms with van der Waals surface area (Å²) in [5.74, 6) is -0.370. The highest BCUT2D eigenvalue weighted by Gasteiger charge is 2.13. The van der Waals surface area contributed by atoms with Gasteiger partial charge in [0, 0.05) is 0 Å². The highest BCUT2D eigenvalue weighted by atomic mass is 35.5. The Balaban J connectivity index is 3.31. The molecule has 1 aromatic rings. The second-order valence-corrected chi connectivity index (χ2v) is 2.57. The molecule has 0 aliphatic carbocycles. The SMILES string of the molecule is COc1cccc(F)c1/C(Cl)=N\O. The van der Waals surface area contributed by atoms with Crippen LogP contribution in [0.1, 0.15) is 5.56 Å². The van der Waals surface area contributed by atoms with Gasteiger partial charge < -0.3 is 9.94 Å². The summed E-state index contributed by atoms with van der Waals surface area (Å²) in [6.45, 7) is 0. The number of benzene rings is 1.